The molecule has 0 saturated carbocycles. The molecule has 2 atom stereocenters. The van der Waals surface area contributed by atoms with E-state index in [1.54, 1.807) is 37.2 Å². The highest BCUT2D eigenvalue weighted by Crippen LogP contribution is 2.31. The number of benzene rings is 2. The van der Waals surface area contributed by atoms with E-state index in [0.717, 1.165) is 11.1 Å². The predicted octanol–water partition coefficient (Wildman–Crippen LogP) is 6.59. The number of aromatic nitrogens is 4. The zero-order chi connectivity index (χ0) is 21.8. The zero-order valence-electron chi connectivity index (χ0n) is 16.2. The summed E-state index contributed by atoms with van der Waals surface area (Å²) in [6.07, 6.45) is 10.7. The van der Waals surface area contributed by atoms with Crippen molar-refractivity contribution in [2.24, 2.45) is 0 Å². The van der Waals surface area contributed by atoms with Crippen LogP contribution in [0.4, 0.5) is 0 Å². The van der Waals surface area contributed by atoms with Gasteiger partial charge in [-0.25, -0.2) is 9.97 Å². The molecule has 2 aromatic heterocycles. The van der Waals surface area contributed by atoms with E-state index in [9.17, 15) is 0 Å². The number of nitrogens with zero attached hydrogens (tertiary/aromatic N) is 4. The second-order valence-electron chi connectivity index (χ2n) is 6.92. The molecule has 0 aliphatic heterocycles. The van der Waals surface area contributed by atoms with Crippen molar-refractivity contribution >= 4 is 46.4 Å². The van der Waals surface area contributed by atoms with Crippen molar-refractivity contribution in [2.45, 2.75) is 12.1 Å². The van der Waals surface area contributed by atoms with Crippen LogP contribution < -0.4 is 0 Å². The molecular weight excluding hydrogens is 478 g/mol. The minimum atomic E-state index is -0.170. The Morgan fingerprint density at radius 2 is 1.16 bits per heavy atom. The molecule has 0 amide bonds. The maximum atomic E-state index is 6.48. The Bertz CT molecular complexity index is 1040. The highest BCUT2D eigenvalue weighted by atomic mass is 35.5. The van der Waals surface area contributed by atoms with Crippen molar-refractivity contribution in [1.29, 1.82) is 0 Å². The topological polar surface area (TPSA) is 44.9 Å². The van der Waals surface area contributed by atoms with Crippen molar-refractivity contribution < 1.29 is 4.74 Å². The van der Waals surface area contributed by atoms with Gasteiger partial charge in [0.15, 0.2) is 0 Å². The Balaban J connectivity index is 1.57. The van der Waals surface area contributed by atoms with Gasteiger partial charge in [-0.1, -0.05) is 58.5 Å². The fourth-order valence-electron chi connectivity index (χ4n) is 3.42. The van der Waals surface area contributed by atoms with Gasteiger partial charge in [-0.3, -0.25) is 0 Å². The summed E-state index contributed by atoms with van der Waals surface area (Å²) in [7, 11) is 0. The summed E-state index contributed by atoms with van der Waals surface area (Å²) in [5.41, 5.74) is 1.79. The van der Waals surface area contributed by atoms with E-state index < -0.39 is 0 Å². The van der Waals surface area contributed by atoms with E-state index in [1.807, 2.05) is 45.8 Å². The summed E-state index contributed by atoms with van der Waals surface area (Å²) in [6, 6.07) is 10.6. The zero-order valence-corrected chi connectivity index (χ0v) is 19.2. The number of imidazole rings is 2. The molecule has 0 radical (unpaired) electrons. The Kier molecular flexibility index (Phi) is 7.20. The van der Waals surface area contributed by atoms with Gasteiger partial charge in [0.1, 0.15) is 0 Å². The Morgan fingerprint density at radius 1 is 0.710 bits per heavy atom. The first-order valence-electron chi connectivity index (χ1n) is 9.45. The molecule has 31 heavy (non-hydrogen) atoms. The molecule has 0 aliphatic rings. The van der Waals surface area contributed by atoms with E-state index in [1.165, 1.54) is 0 Å². The molecule has 2 unspecified atom stereocenters. The summed E-state index contributed by atoms with van der Waals surface area (Å²) in [6.45, 7) is 0.738. The summed E-state index contributed by atoms with van der Waals surface area (Å²) in [4.78, 5) is 8.33. The maximum Gasteiger partial charge on any atom is 0.0952 e. The van der Waals surface area contributed by atoms with Crippen molar-refractivity contribution in [3.8, 4) is 0 Å². The second kappa shape index (κ2) is 10.1. The number of rotatable bonds is 8. The van der Waals surface area contributed by atoms with Crippen LogP contribution in [0.15, 0.2) is 73.8 Å². The first kappa shape index (κ1) is 22.2. The van der Waals surface area contributed by atoms with Crippen molar-refractivity contribution in [2.75, 3.05) is 13.2 Å². The van der Waals surface area contributed by atoms with Crippen LogP contribution in [0.3, 0.4) is 0 Å². The quantitative estimate of drug-likeness (QED) is 0.277. The smallest absolute Gasteiger partial charge is 0.0952 e. The van der Waals surface area contributed by atoms with Gasteiger partial charge >= 0.3 is 0 Å². The van der Waals surface area contributed by atoms with Crippen LogP contribution in [0.5, 0.6) is 0 Å². The molecule has 0 bridgehead atoms. The van der Waals surface area contributed by atoms with E-state index >= 15 is 0 Å². The predicted molar refractivity (Wildman–Crippen MR) is 124 cm³/mol. The number of hydrogen-bond donors (Lipinski definition) is 0. The molecule has 0 aliphatic carbocycles. The lowest BCUT2D eigenvalue weighted by Crippen LogP contribution is -2.21. The van der Waals surface area contributed by atoms with E-state index in [4.69, 9.17) is 51.1 Å². The fraction of sp³-hybridized carbons (Fsp3) is 0.182. The summed E-state index contributed by atoms with van der Waals surface area (Å²) in [5, 5.41) is 2.30. The summed E-state index contributed by atoms with van der Waals surface area (Å²) < 4.78 is 10.1. The molecule has 0 spiro atoms. The van der Waals surface area contributed by atoms with E-state index in [-0.39, 0.29) is 12.1 Å². The Morgan fingerprint density at radius 3 is 1.52 bits per heavy atom. The monoisotopic (exact) mass is 494 g/mol. The van der Waals surface area contributed by atoms with Crippen LogP contribution in [0.25, 0.3) is 0 Å². The molecule has 5 nitrogen and oxygen atoms in total. The lowest BCUT2D eigenvalue weighted by atomic mass is 10.1. The minimum Gasteiger partial charge on any atom is -0.376 e. The van der Waals surface area contributed by atoms with Gasteiger partial charge in [0.25, 0.3) is 0 Å². The maximum absolute atomic E-state index is 6.48. The number of hydrogen-bond acceptors (Lipinski definition) is 3. The van der Waals surface area contributed by atoms with Gasteiger partial charge in [0, 0.05) is 44.9 Å². The van der Waals surface area contributed by atoms with Crippen molar-refractivity contribution in [3.05, 3.63) is 105 Å². The third-order valence-corrected chi connectivity index (χ3v) is 6.09. The average molecular weight is 496 g/mol. The van der Waals surface area contributed by atoms with Gasteiger partial charge in [0.05, 0.1) is 38.0 Å². The molecule has 2 heterocycles. The molecule has 0 N–H and O–H groups in total. The molecular formula is C22H18Cl4N4O. The first-order chi connectivity index (χ1) is 15.0. The molecule has 0 fully saturated rings. The first-order valence-corrected chi connectivity index (χ1v) is 11.0. The van der Waals surface area contributed by atoms with Crippen LogP contribution >= 0.6 is 46.4 Å². The van der Waals surface area contributed by atoms with Crippen molar-refractivity contribution in [3.63, 3.8) is 0 Å². The van der Waals surface area contributed by atoms with Gasteiger partial charge in [0.2, 0.25) is 0 Å². The Hall–Kier alpha value is -2.02. The van der Waals surface area contributed by atoms with Gasteiger partial charge in [-0.05, 0) is 35.4 Å². The van der Waals surface area contributed by atoms with Crippen LogP contribution in [-0.2, 0) is 4.74 Å². The minimum absolute atomic E-state index is 0.170. The average Bonchev–Trinajstić information content (AvgIpc) is 3.44. The van der Waals surface area contributed by atoms with Crippen molar-refractivity contribution in [1.82, 2.24) is 19.1 Å². The fourth-order valence-corrected chi connectivity index (χ4v) is 4.48. The largest absolute Gasteiger partial charge is 0.376 e. The molecule has 9 heteroatoms. The SMILES string of the molecule is Clc1ccc(C(COCC(c2ccc(Cl)cc2Cl)n2ccnc2)n2ccnc2)c(Cl)c1. The molecule has 2 aromatic carbocycles. The lowest BCUT2D eigenvalue weighted by molar-refractivity contribution is 0.0940. The lowest BCUT2D eigenvalue weighted by Gasteiger charge is -2.24. The van der Waals surface area contributed by atoms with Gasteiger partial charge in [-0.2, -0.15) is 0 Å². The second-order valence-corrected chi connectivity index (χ2v) is 8.61. The van der Waals surface area contributed by atoms with Crippen LogP contribution in [0.2, 0.25) is 20.1 Å². The Labute approximate surface area is 200 Å². The summed E-state index contributed by atoms with van der Waals surface area (Å²) in [5.74, 6) is 0. The highest BCUT2D eigenvalue weighted by molar-refractivity contribution is 6.35. The highest BCUT2D eigenvalue weighted by Gasteiger charge is 2.21. The van der Waals surface area contributed by atoms with Crippen LogP contribution in [0.1, 0.15) is 23.2 Å². The number of ether oxygens (including phenoxy) is 1. The summed E-state index contributed by atoms with van der Waals surface area (Å²) >= 11 is 25.1. The normalized spacial score (nSPS) is 13.3. The third kappa shape index (κ3) is 5.25. The van der Waals surface area contributed by atoms with Gasteiger partial charge in [-0.15, -0.1) is 0 Å². The third-order valence-electron chi connectivity index (χ3n) is 4.96. The van der Waals surface area contributed by atoms with Crippen LogP contribution in [-0.4, -0.2) is 32.3 Å². The van der Waals surface area contributed by atoms with Crippen LogP contribution in [0, 0.1) is 0 Å². The van der Waals surface area contributed by atoms with Gasteiger partial charge < -0.3 is 13.9 Å². The molecule has 0 saturated heterocycles. The molecule has 4 aromatic rings. The van der Waals surface area contributed by atoms with E-state index in [2.05, 4.69) is 9.97 Å². The van der Waals surface area contributed by atoms with E-state index in [0.29, 0.717) is 33.3 Å². The molecule has 4 rings (SSSR count). The molecule has 160 valence electrons. The number of halogens is 4. The standard InChI is InChI=1S/C22H18Cl4N4O/c23-15-1-3-17(19(25)9-15)21(29-7-5-27-13-29)11-31-12-22(30-8-6-28-14-30)18-4-2-16(24)10-20(18)26/h1-10,13-14,21-22H,11-12H2.